The molecule has 0 saturated heterocycles. The fourth-order valence-corrected chi connectivity index (χ4v) is 2.86. The van der Waals surface area contributed by atoms with Crippen molar-refractivity contribution < 1.29 is 14.3 Å². The van der Waals surface area contributed by atoms with Crippen LogP contribution in [0, 0.1) is 5.92 Å². The van der Waals surface area contributed by atoms with Crippen LogP contribution >= 0.6 is 11.3 Å². The number of thiazole rings is 1. The molecular weight excluding hydrogens is 276 g/mol. The zero-order valence-electron chi connectivity index (χ0n) is 11.2. The van der Waals surface area contributed by atoms with Gasteiger partial charge >= 0.3 is 0 Å². The molecule has 2 aromatic rings. The molecule has 1 aliphatic carbocycles. The van der Waals surface area contributed by atoms with E-state index in [0.717, 1.165) is 23.4 Å². The summed E-state index contributed by atoms with van der Waals surface area (Å²) in [6.07, 6.45) is 4.88. The van der Waals surface area contributed by atoms with E-state index in [4.69, 9.17) is 4.42 Å². The molecule has 0 aliphatic heterocycles. The summed E-state index contributed by atoms with van der Waals surface area (Å²) < 4.78 is 5.01. The van der Waals surface area contributed by atoms with Crippen molar-refractivity contribution in [3.8, 4) is 10.6 Å². The van der Waals surface area contributed by atoms with E-state index in [0.29, 0.717) is 18.2 Å². The molecule has 1 aliphatic rings. The van der Waals surface area contributed by atoms with E-state index >= 15 is 0 Å². The lowest BCUT2D eigenvalue weighted by atomic mass is 10.2. The van der Waals surface area contributed by atoms with Crippen LogP contribution in [0.3, 0.4) is 0 Å². The Labute approximate surface area is 120 Å². The van der Waals surface area contributed by atoms with Crippen LogP contribution in [0.15, 0.2) is 28.4 Å². The normalized spacial score (nSPS) is 16.1. The van der Waals surface area contributed by atoms with Gasteiger partial charge in [-0.15, -0.1) is 11.3 Å². The highest BCUT2D eigenvalue weighted by Crippen LogP contribution is 2.33. The molecule has 1 atom stereocenters. The summed E-state index contributed by atoms with van der Waals surface area (Å²) in [6, 6.07) is 1.81. The molecule has 106 valence electrons. The third-order valence-electron chi connectivity index (χ3n) is 3.47. The average molecular weight is 292 g/mol. The minimum atomic E-state index is -0.420. The maximum Gasteiger partial charge on any atom is 0.273 e. The fourth-order valence-electron chi connectivity index (χ4n) is 2.08. The Morgan fingerprint density at radius 3 is 3.10 bits per heavy atom. The molecule has 0 bridgehead atoms. The van der Waals surface area contributed by atoms with Crippen LogP contribution in [0.4, 0.5) is 0 Å². The summed E-state index contributed by atoms with van der Waals surface area (Å²) in [4.78, 5) is 18.1. The molecule has 5 nitrogen and oxygen atoms in total. The quantitative estimate of drug-likeness (QED) is 0.918. The van der Waals surface area contributed by atoms with Crippen LogP contribution in [0.2, 0.25) is 0 Å². The Kier molecular flexibility index (Phi) is 3.58. The van der Waals surface area contributed by atoms with Gasteiger partial charge in [-0.3, -0.25) is 4.79 Å². The molecule has 6 heteroatoms. The number of amides is 1. The van der Waals surface area contributed by atoms with E-state index in [-0.39, 0.29) is 5.91 Å². The molecule has 2 heterocycles. The van der Waals surface area contributed by atoms with Gasteiger partial charge in [-0.25, -0.2) is 4.98 Å². The lowest BCUT2D eigenvalue weighted by Gasteiger charge is -2.19. The number of hydrogen-bond acceptors (Lipinski definition) is 5. The Balaban J connectivity index is 1.67. The second kappa shape index (κ2) is 5.38. The van der Waals surface area contributed by atoms with Gasteiger partial charge in [0.15, 0.2) is 0 Å². The Morgan fingerprint density at radius 1 is 1.65 bits per heavy atom. The lowest BCUT2D eigenvalue weighted by molar-refractivity contribution is 0.0641. The number of furan rings is 1. The van der Waals surface area contributed by atoms with Crippen LogP contribution in [-0.2, 0) is 0 Å². The van der Waals surface area contributed by atoms with E-state index in [1.54, 1.807) is 25.0 Å². The van der Waals surface area contributed by atoms with Gasteiger partial charge in [-0.2, -0.15) is 0 Å². The van der Waals surface area contributed by atoms with E-state index in [1.165, 1.54) is 16.2 Å². The first kappa shape index (κ1) is 13.3. The molecule has 3 rings (SSSR count). The first-order valence-electron chi connectivity index (χ1n) is 6.57. The summed E-state index contributed by atoms with van der Waals surface area (Å²) >= 11 is 1.41. The summed E-state index contributed by atoms with van der Waals surface area (Å²) in [7, 11) is 1.70. The molecule has 20 heavy (non-hydrogen) atoms. The molecule has 2 aromatic heterocycles. The Bertz CT molecular complexity index is 589. The minimum absolute atomic E-state index is 0.157. The minimum Gasteiger partial charge on any atom is -0.472 e. The monoisotopic (exact) mass is 292 g/mol. The van der Waals surface area contributed by atoms with Crippen molar-refractivity contribution in [1.82, 2.24) is 9.88 Å². The summed E-state index contributed by atoms with van der Waals surface area (Å²) in [6.45, 7) is 0.363. The smallest absolute Gasteiger partial charge is 0.273 e. The van der Waals surface area contributed by atoms with Gasteiger partial charge in [0.25, 0.3) is 5.91 Å². The van der Waals surface area contributed by atoms with Crippen molar-refractivity contribution in [2.75, 3.05) is 13.6 Å². The predicted molar refractivity (Wildman–Crippen MR) is 75.5 cm³/mol. The molecule has 0 aromatic carbocycles. The van der Waals surface area contributed by atoms with Crippen molar-refractivity contribution in [2.45, 2.75) is 18.9 Å². The van der Waals surface area contributed by atoms with Gasteiger partial charge in [-0.05, 0) is 24.8 Å². The van der Waals surface area contributed by atoms with Gasteiger partial charge in [0.05, 0.1) is 12.4 Å². The number of aromatic nitrogens is 1. The maximum atomic E-state index is 12.2. The summed E-state index contributed by atoms with van der Waals surface area (Å²) in [5.41, 5.74) is 1.28. The van der Waals surface area contributed by atoms with Crippen LogP contribution in [0.25, 0.3) is 10.6 Å². The summed E-state index contributed by atoms with van der Waals surface area (Å²) in [5, 5.41) is 12.4. The van der Waals surface area contributed by atoms with Crippen molar-refractivity contribution in [3.05, 3.63) is 29.7 Å². The number of rotatable bonds is 5. The molecule has 1 fully saturated rings. The van der Waals surface area contributed by atoms with E-state index in [9.17, 15) is 9.90 Å². The van der Waals surface area contributed by atoms with Crippen molar-refractivity contribution in [2.24, 2.45) is 5.92 Å². The number of aliphatic hydroxyl groups excluding tert-OH is 1. The second-order valence-corrected chi connectivity index (χ2v) is 6.00. The van der Waals surface area contributed by atoms with Gasteiger partial charge in [0.1, 0.15) is 17.0 Å². The highest BCUT2D eigenvalue weighted by atomic mass is 32.1. The molecule has 0 spiro atoms. The summed E-state index contributed by atoms with van der Waals surface area (Å²) in [5.74, 6) is 0.206. The number of aliphatic hydroxyl groups is 1. The molecule has 0 radical (unpaired) electrons. The highest BCUT2D eigenvalue weighted by molar-refractivity contribution is 7.13. The van der Waals surface area contributed by atoms with E-state index in [2.05, 4.69) is 4.98 Å². The first-order valence-corrected chi connectivity index (χ1v) is 7.44. The van der Waals surface area contributed by atoms with Crippen molar-refractivity contribution in [1.29, 1.82) is 0 Å². The Morgan fingerprint density at radius 2 is 2.45 bits per heavy atom. The number of nitrogens with zero attached hydrogens (tertiary/aromatic N) is 2. The largest absolute Gasteiger partial charge is 0.472 e. The lowest BCUT2D eigenvalue weighted by Crippen LogP contribution is -2.35. The third kappa shape index (κ3) is 2.76. The zero-order chi connectivity index (χ0) is 14.1. The number of carbonyl (C=O) groups excluding carboxylic acids is 1. The van der Waals surface area contributed by atoms with E-state index < -0.39 is 6.10 Å². The van der Waals surface area contributed by atoms with E-state index in [1.807, 2.05) is 6.07 Å². The molecule has 1 unspecified atom stereocenters. The van der Waals surface area contributed by atoms with Crippen LogP contribution in [-0.4, -0.2) is 40.6 Å². The predicted octanol–water partition coefficient (Wildman–Crippen LogP) is 2.25. The van der Waals surface area contributed by atoms with Gasteiger partial charge in [0.2, 0.25) is 0 Å². The Hall–Kier alpha value is -1.66. The van der Waals surface area contributed by atoms with Gasteiger partial charge < -0.3 is 14.4 Å². The SMILES string of the molecule is CN(CC(O)C1CC1)C(=O)c1csc(-c2ccoc2)n1. The first-order chi connectivity index (χ1) is 9.65. The van der Waals surface area contributed by atoms with Crippen molar-refractivity contribution >= 4 is 17.2 Å². The van der Waals surface area contributed by atoms with Gasteiger partial charge in [-0.1, -0.05) is 0 Å². The number of hydrogen-bond donors (Lipinski definition) is 1. The van der Waals surface area contributed by atoms with Gasteiger partial charge in [0, 0.05) is 24.5 Å². The van der Waals surface area contributed by atoms with Crippen LogP contribution in [0.1, 0.15) is 23.3 Å². The molecule has 1 amide bonds. The number of carbonyl (C=O) groups is 1. The molecule has 1 saturated carbocycles. The topological polar surface area (TPSA) is 66.6 Å². The van der Waals surface area contributed by atoms with Crippen LogP contribution in [0.5, 0.6) is 0 Å². The fraction of sp³-hybridized carbons (Fsp3) is 0.429. The third-order valence-corrected chi connectivity index (χ3v) is 4.36. The molecule has 1 N–H and O–H groups in total. The highest BCUT2D eigenvalue weighted by Gasteiger charge is 2.31. The molecular formula is C14H16N2O3S. The zero-order valence-corrected chi connectivity index (χ0v) is 12.0. The standard InChI is InChI=1S/C14H16N2O3S/c1-16(6-12(17)9-2-3-9)14(18)11-8-20-13(15-11)10-4-5-19-7-10/h4-5,7-9,12,17H,2-3,6H2,1H3. The second-order valence-electron chi connectivity index (χ2n) is 5.14. The number of likely N-dealkylation sites (N-methyl/N-ethyl adjacent to an activating group) is 1. The average Bonchev–Trinajstić information content (AvgIpc) is 2.95. The van der Waals surface area contributed by atoms with Crippen LogP contribution < -0.4 is 0 Å². The van der Waals surface area contributed by atoms with Crippen molar-refractivity contribution in [3.63, 3.8) is 0 Å². The maximum absolute atomic E-state index is 12.2.